The van der Waals surface area contributed by atoms with Crippen LogP contribution in [0.3, 0.4) is 0 Å². The molecule has 1 aliphatic heterocycles. The van der Waals surface area contributed by atoms with Crippen LogP contribution >= 0.6 is 15.9 Å². The van der Waals surface area contributed by atoms with Gasteiger partial charge in [-0.25, -0.2) is 0 Å². The van der Waals surface area contributed by atoms with Crippen molar-refractivity contribution in [3.8, 4) is 0 Å². The van der Waals surface area contributed by atoms with Crippen LogP contribution in [0.5, 0.6) is 0 Å². The second-order valence-electron chi connectivity index (χ2n) is 5.21. The van der Waals surface area contributed by atoms with Crippen LogP contribution in [0.2, 0.25) is 0 Å². The molecule has 19 heavy (non-hydrogen) atoms. The van der Waals surface area contributed by atoms with Gasteiger partial charge in [-0.05, 0) is 43.4 Å². The number of aryl methyl sites for hydroxylation is 1. The van der Waals surface area contributed by atoms with Crippen molar-refractivity contribution in [2.45, 2.75) is 19.8 Å². The van der Waals surface area contributed by atoms with E-state index in [1.807, 2.05) is 37.1 Å². The third kappa shape index (κ3) is 3.80. The molecule has 0 aliphatic carbocycles. The normalized spacial score (nSPS) is 16.4. The van der Waals surface area contributed by atoms with Gasteiger partial charge >= 0.3 is 0 Å². The second kappa shape index (κ2) is 6.53. The summed E-state index contributed by atoms with van der Waals surface area (Å²) in [7, 11) is 1.88. The summed E-state index contributed by atoms with van der Waals surface area (Å²) in [5.74, 6) is 0.656. The van der Waals surface area contributed by atoms with Crippen molar-refractivity contribution in [2.24, 2.45) is 5.92 Å². The van der Waals surface area contributed by atoms with E-state index in [1.54, 1.807) is 0 Å². The fourth-order valence-electron chi connectivity index (χ4n) is 2.35. The molecule has 4 heteroatoms. The molecule has 0 bridgehead atoms. The second-order valence-corrected chi connectivity index (χ2v) is 6.06. The highest BCUT2D eigenvalue weighted by Gasteiger charge is 2.19. The molecule has 2 rings (SSSR count). The van der Waals surface area contributed by atoms with E-state index in [2.05, 4.69) is 15.9 Å². The van der Waals surface area contributed by atoms with Crippen LogP contribution in [-0.4, -0.2) is 37.6 Å². The summed E-state index contributed by atoms with van der Waals surface area (Å²) < 4.78 is 6.33. The minimum absolute atomic E-state index is 0.0900. The predicted octanol–water partition coefficient (Wildman–Crippen LogP) is 3.26. The Hall–Kier alpha value is -0.870. The predicted molar refractivity (Wildman–Crippen MR) is 79.4 cm³/mol. The van der Waals surface area contributed by atoms with Gasteiger partial charge in [0.15, 0.2) is 0 Å². The van der Waals surface area contributed by atoms with Crippen LogP contribution in [0.25, 0.3) is 0 Å². The van der Waals surface area contributed by atoms with Crippen LogP contribution in [0, 0.1) is 12.8 Å². The number of hydrogen-bond acceptors (Lipinski definition) is 2. The first-order valence-corrected chi connectivity index (χ1v) is 7.46. The molecule has 1 amide bonds. The maximum atomic E-state index is 12.4. The van der Waals surface area contributed by atoms with Crippen molar-refractivity contribution in [3.05, 3.63) is 33.8 Å². The third-order valence-corrected chi connectivity index (χ3v) is 4.49. The number of benzene rings is 1. The Morgan fingerprint density at radius 2 is 2.11 bits per heavy atom. The zero-order valence-corrected chi connectivity index (χ0v) is 13.1. The van der Waals surface area contributed by atoms with Gasteiger partial charge in [0, 0.05) is 36.8 Å². The van der Waals surface area contributed by atoms with E-state index in [9.17, 15) is 4.79 Å². The van der Waals surface area contributed by atoms with Crippen LogP contribution in [0.4, 0.5) is 0 Å². The first-order valence-electron chi connectivity index (χ1n) is 6.67. The average molecular weight is 326 g/mol. The lowest BCUT2D eigenvalue weighted by Gasteiger charge is -2.27. The number of carbonyl (C=O) groups excluding carboxylic acids is 1. The van der Waals surface area contributed by atoms with Gasteiger partial charge in [0.25, 0.3) is 5.91 Å². The van der Waals surface area contributed by atoms with Gasteiger partial charge in [-0.15, -0.1) is 0 Å². The molecule has 0 unspecified atom stereocenters. The number of nitrogens with zero attached hydrogens (tertiary/aromatic N) is 1. The Kier molecular flexibility index (Phi) is 4.99. The van der Waals surface area contributed by atoms with Gasteiger partial charge in [-0.3, -0.25) is 4.79 Å². The van der Waals surface area contributed by atoms with Gasteiger partial charge in [0.1, 0.15) is 0 Å². The quantitative estimate of drug-likeness (QED) is 0.853. The van der Waals surface area contributed by atoms with Crippen LogP contribution in [0.1, 0.15) is 28.8 Å². The van der Waals surface area contributed by atoms with E-state index in [1.165, 1.54) is 0 Å². The number of carbonyl (C=O) groups is 1. The van der Waals surface area contributed by atoms with E-state index in [0.29, 0.717) is 5.92 Å². The molecular weight excluding hydrogens is 306 g/mol. The highest BCUT2D eigenvalue weighted by Crippen LogP contribution is 2.20. The van der Waals surface area contributed by atoms with Crippen molar-refractivity contribution < 1.29 is 9.53 Å². The molecule has 1 aliphatic rings. The van der Waals surface area contributed by atoms with Crippen molar-refractivity contribution in [3.63, 3.8) is 0 Å². The van der Waals surface area contributed by atoms with Crippen molar-refractivity contribution in [2.75, 3.05) is 26.8 Å². The Morgan fingerprint density at radius 1 is 1.42 bits per heavy atom. The van der Waals surface area contributed by atoms with Gasteiger partial charge < -0.3 is 9.64 Å². The molecule has 0 atom stereocenters. The minimum atomic E-state index is 0.0900. The van der Waals surface area contributed by atoms with Crippen LogP contribution < -0.4 is 0 Å². The molecular formula is C15H20BrNO2. The third-order valence-electron chi connectivity index (χ3n) is 3.64. The Bertz CT molecular complexity index is 455. The Labute approximate surface area is 123 Å². The standard InChI is InChI=1S/C15H20BrNO2/c1-11-3-4-13(9-14(11)16)15(18)17(2)10-12-5-7-19-8-6-12/h3-4,9,12H,5-8,10H2,1-2H3. The SMILES string of the molecule is Cc1ccc(C(=O)N(C)CC2CCOCC2)cc1Br. The van der Waals surface area contributed by atoms with E-state index in [4.69, 9.17) is 4.74 Å². The number of hydrogen-bond donors (Lipinski definition) is 0. The fraction of sp³-hybridized carbons (Fsp3) is 0.533. The lowest BCUT2D eigenvalue weighted by Crippen LogP contribution is -2.34. The van der Waals surface area contributed by atoms with Crippen molar-refractivity contribution in [1.29, 1.82) is 0 Å². The molecule has 0 N–H and O–H groups in total. The van der Waals surface area contributed by atoms with Gasteiger partial charge in [0.2, 0.25) is 0 Å². The average Bonchev–Trinajstić information content (AvgIpc) is 2.42. The monoisotopic (exact) mass is 325 g/mol. The molecule has 3 nitrogen and oxygen atoms in total. The molecule has 1 heterocycles. The molecule has 1 fully saturated rings. The molecule has 0 radical (unpaired) electrons. The van der Waals surface area contributed by atoms with Crippen molar-refractivity contribution >= 4 is 21.8 Å². The fourth-order valence-corrected chi connectivity index (χ4v) is 2.72. The molecule has 1 aromatic rings. The van der Waals surface area contributed by atoms with Crippen LogP contribution in [-0.2, 0) is 4.74 Å². The first-order chi connectivity index (χ1) is 9.08. The zero-order valence-electron chi connectivity index (χ0n) is 11.5. The molecule has 0 aromatic heterocycles. The maximum Gasteiger partial charge on any atom is 0.253 e. The number of ether oxygens (including phenoxy) is 1. The highest BCUT2D eigenvalue weighted by molar-refractivity contribution is 9.10. The van der Waals surface area contributed by atoms with Crippen LogP contribution in [0.15, 0.2) is 22.7 Å². The smallest absolute Gasteiger partial charge is 0.253 e. The summed E-state index contributed by atoms with van der Waals surface area (Å²) in [6.45, 7) is 4.48. The van der Waals surface area contributed by atoms with E-state index < -0.39 is 0 Å². The van der Waals surface area contributed by atoms with Gasteiger partial charge in [-0.1, -0.05) is 22.0 Å². The van der Waals surface area contributed by atoms with Gasteiger partial charge in [0.05, 0.1) is 0 Å². The lowest BCUT2D eigenvalue weighted by atomic mass is 9.99. The van der Waals surface area contributed by atoms with E-state index in [0.717, 1.165) is 48.2 Å². The minimum Gasteiger partial charge on any atom is -0.381 e. The number of amides is 1. The number of halogens is 1. The summed E-state index contributed by atoms with van der Waals surface area (Å²) in [5.41, 5.74) is 1.88. The number of rotatable bonds is 3. The maximum absolute atomic E-state index is 12.4. The summed E-state index contributed by atoms with van der Waals surface area (Å²) >= 11 is 3.47. The lowest BCUT2D eigenvalue weighted by molar-refractivity contribution is 0.0497. The molecule has 1 aromatic carbocycles. The van der Waals surface area contributed by atoms with E-state index in [-0.39, 0.29) is 5.91 Å². The van der Waals surface area contributed by atoms with Gasteiger partial charge in [-0.2, -0.15) is 0 Å². The molecule has 0 saturated carbocycles. The zero-order chi connectivity index (χ0) is 13.8. The highest BCUT2D eigenvalue weighted by atomic mass is 79.9. The summed E-state index contributed by atoms with van der Waals surface area (Å²) in [4.78, 5) is 14.2. The summed E-state index contributed by atoms with van der Waals surface area (Å²) in [5, 5.41) is 0. The summed E-state index contributed by atoms with van der Waals surface area (Å²) in [6.07, 6.45) is 2.10. The van der Waals surface area contributed by atoms with E-state index >= 15 is 0 Å². The Balaban J connectivity index is 1.99. The Morgan fingerprint density at radius 3 is 2.74 bits per heavy atom. The molecule has 0 spiro atoms. The first kappa shape index (κ1) is 14.5. The van der Waals surface area contributed by atoms with Crippen molar-refractivity contribution in [1.82, 2.24) is 4.90 Å². The molecule has 1 saturated heterocycles. The largest absolute Gasteiger partial charge is 0.381 e. The summed E-state index contributed by atoms with van der Waals surface area (Å²) in [6, 6.07) is 5.76. The topological polar surface area (TPSA) is 29.5 Å². The molecule has 104 valence electrons.